The van der Waals surface area contributed by atoms with Crippen LogP contribution in [0.3, 0.4) is 0 Å². The number of anilines is 2. The Morgan fingerprint density at radius 2 is 1.81 bits per heavy atom. The molecule has 2 aromatic heterocycles. The number of benzene rings is 2. The molecule has 0 aliphatic heterocycles. The molecule has 0 aliphatic rings. The van der Waals surface area contributed by atoms with Crippen LogP contribution in [0.2, 0.25) is 5.02 Å². The molecule has 0 amide bonds. The molecule has 0 atom stereocenters. The number of para-hydroxylation sites is 1. The lowest BCUT2D eigenvalue weighted by Gasteiger charge is -2.10. The summed E-state index contributed by atoms with van der Waals surface area (Å²) < 4.78 is 5.33. The van der Waals surface area contributed by atoms with E-state index in [1.54, 1.807) is 42.5 Å². The van der Waals surface area contributed by atoms with Crippen LogP contribution in [-0.2, 0) is 11.3 Å². The minimum atomic E-state index is -0.647. The van der Waals surface area contributed by atoms with Crippen LogP contribution in [-0.4, -0.2) is 25.9 Å². The van der Waals surface area contributed by atoms with Crippen LogP contribution in [0.25, 0.3) is 10.9 Å². The second-order valence-electron chi connectivity index (χ2n) is 6.90. The van der Waals surface area contributed by atoms with Gasteiger partial charge in [0.25, 0.3) is 5.56 Å². The van der Waals surface area contributed by atoms with Gasteiger partial charge in [-0.1, -0.05) is 23.7 Å². The van der Waals surface area contributed by atoms with Crippen molar-refractivity contribution in [2.45, 2.75) is 20.5 Å². The van der Waals surface area contributed by atoms with E-state index in [0.717, 1.165) is 11.4 Å². The summed E-state index contributed by atoms with van der Waals surface area (Å²) in [4.78, 5) is 40.4. The van der Waals surface area contributed by atoms with E-state index < -0.39 is 5.97 Å². The molecule has 0 saturated heterocycles. The van der Waals surface area contributed by atoms with Gasteiger partial charge in [0.05, 0.1) is 21.5 Å². The molecule has 0 saturated carbocycles. The van der Waals surface area contributed by atoms with E-state index in [2.05, 4.69) is 25.3 Å². The van der Waals surface area contributed by atoms with Gasteiger partial charge in [0.2, 0.25) is 5.95 Å². The molecule has 156 valence electrons. The van der Waals surface area contributed by atoms with E-state index in [1.807, 2.05) is 19.9 Å². The zero-order valence-corrected chi connectivity index (χ0v) is 17.5. The van der Waals surface area contributed by atoms with Crippen molar-refractivity contribution < 1.29 is 9.53 Å². The summed E-state index contributed by atoms with van der Waals surface area (Å²) in [7, 11) is 0. The molecule has 4 rings (SSSR count). The highest BCUT2D eigenvalue weighted by molar-refractivity contribution is 6.33. The Labute approximate surface area is 182 Å². The second-order valence-corrected chi connectivity index (χ2v) is 7.31. The highest BCUT2D eigenvalue weighted by Gasteiger charge is 2.15. The quantitative estimate of drug-likeness (QED) is 0.454. The summed E-state index contributed by atoms with van der Waals surface area (Å²) in [6.45, 7) is 3.54. The third-order valence-electron chi connectivity index (χ3n) is 4.43. The lowest BCUT2D eigenvalue weighted by Crippen LogP contribution is -2.14. The lowest BCUT2D eigenvalue weighted by atomic mass is 10.2. The fourth-order valence-electron chi connectivity index (χ4n) is 3.09. The van der Waals surface area contributed by atoms with E-state index in [9.17, 15) is 9.59 Å². The van der Waals surface area contributed by atoms with E-state index in [0.29, 0.717) is 22.5 Å². The summed E-state index contributed by atoms with van der Waals surface area (Å²) in [5, 5.41) is 3.76. The van der Waals surface area contributed by atoms with Crippen LogP contribution in [0, 0.1) is 13.8 Å². The largest absolute Gasteiger partial charge is 0.454 e. The van der Waals surface area contributed by atoms with Crippen molar-refractivity contribution in [1.29, 1.82) is 0 Å². The number of halogens is 1. The maximum absolute atomic E-state index is 12.6. The van der Waals surface area contributed by atoms with Crippen LogP contribution in [0.4, 0.5) is 11.6 Å². The van der Waals surface area contributed by atoms with Gasteiger partial charge in [-0.2, -0.15) is 0 Å². The number of rotatable bonds is 5. The van der Waals surface area contributed by atoms with Crippen molar-refractivity contribution in [2.75, 3.05) is 5.32 Å². The van der Waals surface area contributed by atoms with Crippen molar-refractivity contribution >= 4 is 40.1 Å². The number of hydrogen-bond acceptors (Lipinski definition) is 7. The first-order valence-electron chi connectivity index (χ1n) is 9.43. The van der Waals surface area contributed by atoms with Gasteiger partial charge in [-0.25, -0.2) is 19.7 Å². The highest BCUT2D eigenvalue weighted by atomic mass is 35.5. The molecule has 2 heterocycles. The number of hydrogen-bond donors (Lipinski definition) is 2. The monoisotopic (exact) mass is 435 g/mol. The first-order chi connectivity index (χ1) is 14.9. The molecule has 0 unspecified atom stereocenters. The lowest BCUT2D eigenvalue weighted by molar-refractivity contribution is 0.0462. The van der Waals surface area contributed by atoms with Gasteiger partial charge < -0.3 is 15.0 Å². The number of nitrogens with zero attached hydrogens (tertiary/aromatic N) is 3. The number of carbonyl (C=O) groups is 1. The maximum atomic E-state index is 12.6. The minimum absolute atomic E-state index is 0.166. The molecular formula is C22H18ClN5O3. The van der Waals surface area contributed by atoms with Crippen LogP contribution < -0.4 is 10.9 Å². The van der Waals surface area contributed by atoms with Gasteiger partial charge >= 0.3 is 5.97 Å². The number of fused-ring (bicyclic) bond motifs is 1. The molecule has 2 N–H and O–H groups in total. The van der Waals surface area contributed by atoms with Crippen molar-refractivity contribution in [3.05, 3.63) is 86.7 Å². The van der Waals surface area contributed by atoms with Crippen molar-refractivity contribution in [1.82, 2.24) is 19.9 Å². The Morgan fingerprint density at radius 1 is 1.06 bits per heavy atom. The summed E-state index contributed by atoms with van der Waals surface area (Å²) in [6.07, 6.45) is 0. The molecule has 2 aromatic carbocycles. The standard InChI is InChI=1S/C22H18ClN5O3/c1-12-9-13(2)25-22(24-12)26-14-7-8-17(23)16(10-14)21(30)31-11-19-27-18-6-4-3-5-15(18)20(29)28-19/h3-10H,11H2,1-2H3,(H,24,25,26)(H,27,28,29). The Hall–Kier alpha value is -3.78. The fourth-order valence-corrected chi connectivity index (χ4v) is 3.28. The summed E-state index contributed by atoms with van der Waals surface area (Å²) in [6, 6.07) is 13.6. The Kier molecular flexibility index (Phi) is 5.64. The Balaban J connectivity index is 1.52. The first kappa shape index (κ1) is 20.5. The molecule has 0 spiro atoms. The predicted molar refractivity (Wildman–Crippen MR) is 118 cm³/mol. The molecule has 9 heteroatoms. The topological polar surface area (TPSA) is 110 Å². The zero-order chi connectivity index (χ0) is 22.0. The molecule has 4 aromatic rings. The third-order valence-corrected chi connectivity index (χ3v) is 4.76. The van der Waals surface area contributed by atoms with Crippen LogP contribution in [0.5, 0.6) is 0 Å². The zero-order valence-electron chi connectivity index (χ0n) is 16.8. The van der Waals surface area contributed by atoms with E-state index in [4.69, 9.17) is 16.3 Å². The van der Waals surface area contributed by atoms with E-state index in [1.165, 1.54) is 0 Å². The van der Waals surface area contributed by atoms with Crippen LogP contribution in [0.1, 0.15) is 27.6 Å². The van der Waals surface area contributed by atoms with Crippen molar-refractivity contribution in [2.24, 2.45) is 0 Å². The minimum Gasteiger partial charge on any atom is -0.454 e. The number of aromatic amines is 1. The first-order valence-corrected chi connectivity index (χ1v) is 9.81. The van der Waals surface area contributed by atoms with E-state index in [-0.39, 0.29) is 28.6 Å². The van der Waals surface area contributed by atoms with Gasteiger partial charge in [0, 0.05) is 17.1 Å². The number of carbonyl (C=O) groups excluding carboxylic acids is 1. The van der Waals surface area contributed by atoms with Gasteiger partial charge in [0.15, 0.2) is 0 Å². The molecule has 0 fully saturated rings. The predicted octanol–water partition coefficient (Wildman–Crippen LogP) is 4.08. The third kappa shape index (κ3) is 4.70. The number of aromatic nitrogens is 4. The van der Waals surface area contributed by atoms with Crippen LogP contribution >= 0.6 is 11.6 Å². The number of aryl methyl sites for hydroxylation is 2. The summed E-state index contributed by atoms with van der Waals surface area (Å²) >= 11 is 6.20. The smallest absolute Gasteiger partial charge is 0.340 e. The van der Waals surface area contributed by atoms with Gasteiger partial charge in [-0.3, -0.25) is 4.79 Å². The number of H-pyrrole nitrogens is 1. The molecule has 0 aliphatic carbocycles. The summed E-state index contributed by atoms with van der Waals surface area (Å²) in [5.41, 5.74) is 2.61. The molecule has 8 nitrogen and oxygen atoms in total. The second kappa shape index (κ2) is 8.53. The van der Waals surface area contributed by atoms with E-state index >= 15 is 0 Å². The summed E-state index contributed by atoms with van der Waals surface area (Å²) in [5.74, 6) is 0.00830. The normalized spacial score (nSPS) is 10.8. The SMILES string of the molecule is Cc1cc(C)nc(Nc2ccc(Cl)c(C(=O)OCc3nc4ccccc4c(=O)[nH]3)c2)n1. The molecule has 0 radical (unpaired) electrons. The fraction of sp³-hybridized carbons (Fsp3) is 0.136. The Morgan fingerprint density at radius 3 is 2.58 bits per heavy atom. The Bertz CT molecular complexity index is 1330. The number of nitrogens with one attached hydrogen (secondary N) is 2. The van der Waals surface area contributed by atoms with Gasteiger partial charge in [-0.15, -0.1) is 0 Å². The molecule has 31 heavy (non-hydrogen) atoms. The molecule has 0 bridgehead atoms. The maximum Gasteiger partial charge on any atom is 0.340 e. The van der Waals surface area contributed by atoms with Gasteiger partial charge in [-0.05, 0) is 50.2 Å². The molecular weight excluding hydrogens is 418 g/mol. The van der Waals surface area contributed by atoms with Gasteiger partial charge in [0.1, 0.15) is 12.4 Å². The average Bonchev–Trinajstić information content (AvgIpc) is 2.73. The highest BCUT2D eigenvalue weighted by Crippen LogP contribution is 2.23. The number of esters is 1. The van der Waals surface area contributed by atoms with Crippen molar-refractivity contribution in [3.8, 4) is 0 Å². The van der Waals surface area contributed by atoms with Crippen LogP contribution in [0.15, 0.2) is 53.3 Å². The van der Waals surface area contributed by atoms with Crippen molar-refractivity contribution in [3.63, 3.8) is 0 Å². The average molecular weight is 436 g/mol. The number of ether oxygens (including phenoxy) is 1.